The van der Waals surface area contributed by atoms with Crippen LogP contribution in [0.2, 0.25) is 0 Å². The van der Waals surface area contributed by atoms with Crippen molar-refractivity contribution in [3.8, 4) is 0 Å². The summed E-state index contributed by atoms with van der Waals surface area (Å²) in [7, 11) is 0. The van der Waals surface area contributed by atoms with Crippen LogP contribution in [0.4, 0.5) is 11.4 Å². The molecule has 0 bridgehead atoms. The quantitative estimate of drug-likeness (QED) is 0.497. The number of nitrogens with zero attached hydrogens (tertiary/aromatic N) is 1. The molecule has 1 aliphatic rings. The van der Waals surface area contributed by atoms with Gasteiger partial charge in [0.25, 0.3) is 5.69 Å². The number of nitro groups is 1. The molecule has 102 valence electrons. The van der Waals surface area contributed by atoms with Gasteiger partial charge in [-0.2, -0.15) is 0 Å². The number of hydrogen-bond donors (Lipinski definition) is 1. The van der Waals surface area contributed by atoms with Crippen LogP contribution in [0.15, 0.2) is 42.5 Å². The van der Waals surface area contributed by atoms with E-state index in [2.05, 4.69) is 40.0 Å². The van der Waals surface area contributed by atoms with Crippen molar-refractivity contribution in [1.82, 2.24) is 0 Å². The van der Waals surface area contributed by atoms with Gasteiger partial charge in [-0.1, -0.05) is 24.3 Å². The second kappa shape index (κ2) is 5.40. The Morgan fingerprint density at radius 3 is 2.85 bits per heavy atom. The Hall–Kier alpha value is -1.63. The maximum absolute atomic E-state index is 11.1. The van der Waals surface area contributed by atoms with Crippen molar-refractivity contribution in [1.29, 1.82) is 0 Å². The number of fused-ring (bicyclic) bond motifs is 1. The highest BCUT2D eigenvalue weighted by molar-refractivity contribution is 14.1. The number of hydrogen-bond acceptors (Lipinski definition) is 3. The Morgan fingerprint density at radius 1 is 1.30 bits per heavy atom. The Morgan fingerprint density at radius 2 is 2.10 bits per heavy atom. The van der Waals surface area contributed by atoms with Crippen LogP contribution in [0.1, 0.15) is 17.0 Å². The lowest BCUT2D eigenvalue weighted by Gasteiger charge is -2.30. The van der Waals surface area contributed by atoms with E-state index in [4.69, 9.17) is 0 Å². The molecule has 0 saturated carbocycles. The van der Waals surface area contributed by atoms with E-state index in [1.165, 1.54) is 11.1 Å². The van der Waals surface area contributed by atoms with Crippen LogP contribution in [0, 0.1) is 13.7 Å². The van der Waals surface area contributed by atoms with Crippen molar-refractivity contribution >= 4 is 34.0 Å². The molecule has 3 rings (SSSR count). The molecule has 0 radical (unpaired) electrons. The lowest BCUT2D eigenvalue weighted by atomic mass is 9.77. The summed E-state index contributed by atoms with van der Waals surface area (Å²) in [6, 6.07) is 13.6. The van der Waals surface area contributed by atoms with Gasteiger partial charge in [-0.25, -0.2) is 0 Å². The van der Waals surface area contributed by atoms with Crippen molar-refractivity contribution in [2.45, 2.75) is 12.3 Å². The first-order chi connectivity index (χ1) is 9.65. The minimum atomic E-state index is -0.334. The summed E-state index contributed by atoms with van der Waals surface area (Å²) in [5, 5.41) is 14.3. The summed E-state index contributed by atoms with van der Waals surface area (Å²) >= 11 is 2.08. The molecule has 1 unspecified atom stereocenters. The molecule has 4 nitrogen and oxygen atoms in total. The zero-order chi connectivity index (χ0) is 14.1. The van der Waals surface area contributed by atoms with Crippen molar-refractivity contribution in [3.63, 3.8) is 0 Å². The van der Waals surface area contributed by atoms with Gasteiger partial charge in [0.05, 0.1) is 4.92 Å². The van der Waals surface area contributed by atoms with E-state index in [1.807, 2.05) is 18.2 Å². The molecule has 0 aliphatic heterocycles. The minimum Gasteiger partial charge on any atom is -0.379 e. The van der Waals surface area contributed by atoms with Gasteiger partial charge >= 0.3 is 0 Å². The van der Waals surface area contributed by atoms with E-state index in [-0.39, 0.29) is 10.6 Å². The van der Waals surface area contributed by atoms with Crippen LogP contribution in [0.25, 0.3) is 0 Å². The maximum Gasteiger partial charge on any atom is 0.293 e. The molecule has 0 aromatic heterocycles. The third-order valence-corrected chi connectivity index (χ3v) is 4.33. The van der Waals surface area contributed by atoms with Crippen LogP contribution < -0.4 is 5.32 Å². The molecule has 5 heteroatoms. The molecule has 20 heavy (non-hydrogen) atoms. The summed E-state index contributed by atoms with van der Waals surface area (Å²) in [4.78, 5) is 10.7. The largest absolute Gasteiger partial charge is 0.379 e. The number of nitro benzene ring substituents is 1. The molecular formula is C15H13IN2O2. The van der Waals surface area contributed by atoms with Gasteiger partial charge in [-0.15, -0.1) is 0 Å². The number of anilines is 1. The van der Waals surface area contributed by atoms with Crippen LogP contribution in [-0.2, 0) is 6.42 Å². The molecule has 1 aliphatic carbocycles. The van der Waals surface area contributed by atoms with Crippen molar-refractivity contribution in [2.75, 3.05) is 11.9 Å². The highest BCUT2D eigenvalue weighted by atomic mass is 127. The van der Waals surface area contributed by atoms with Gasteiger partial charge in [0.15, 0.2) is 0 Å². The zero-order valence-electron chi connectivity index (χ0n) is 10.7. The number of rotatable bonds is 4. The van der Waals surface area contributed by atoms with E-state index in [9.17, 15) is 10.1 Å². The fourth-order valence-corrected chi connectivity index (χ4v) is 3.06. The first-order valence-corrected chi connectivity index (χ1v) is 7.48. The van der Waals surface area contributed by atoms with E-state index < -0.39 is 0 Å². The zero-order valence-corrected chi connectivity index (χ0v) is 12.8. The molecule has 2 aromatic rings. The molecule has 2 aromatic carbocycles. The fourth-order valence-electron chi connectivity index (χ4n) is 2.58. The smallest absolute Gasteiger partial charge is 0.293 e. The normalized spacial score (nSPS) is 16.1. The molecule has 0 saturated heterocycles. The first kappa shape index (κ1) is 13.4. The van der Waals surface area contributed by atoms with Gasteiger partial charge in [0, 0.05) is 22.1 Å². The summed E-state index contributed by atoms with van der Waals surface area (Å²) in [5.74, 6) is 0.449. The van der Waals surface area contributed by atoms with Crippen LogP contribution in [0.5, 0.6) is 0 Å². The third kappa shape index (κ3) is 2.49. The average molecular weight is 380 g/mol. The highest BCUT2D eigenvalue weighted by Crippen LogP contribution is 2.35. The second-order valence-corrected chi connectivity index (χ2v) is 6.14. The summed E-state index contributed by atoms with van der Waals surface area (Å²) in [6.07, 6.45) is 1.04. The molecule has 1 N–H and O–H groups in total. The maximum atomic E-state index is 11.1. The van der Waals surface area contributed by atoms with Gasteiger partial charge in [-0.05, 0) is 52.3 Å². The van der Waals surface area contributed by atoms with Crippen LogP contribution in [0.3, 0.4) is 0 Å². The van der Waals surface area contributed by atoms with E-state index in [0.29, 0.717) is 11.6 Å². The molecule has 0 amide bonds. The van der Waals surface area contributed by atoms with Crippen molar-refractivity contribution < 1.29 is 4.92 Å². The average Bonchev–Trinajstić information content (AvgIpc) is 2.41. The molecule has 0 fully saturated rings. The van der Waals surface area contributed by atoms with Gasteiger partial charge in [-0.3, -0.25) is 10.1 Å². The number of nitrogens with one attached hydrogen (secondary N) is 1. The Kier molecular flexibility index (Phi) is 3.60. The first-order valence-electron chi connectivity index (χ1n) is 6.41. The van der Waals surface area contributed by atoms with Gasteiger partial charge < -0.3 is 5.32 Å². The van der Waals surface area contributed by atoms with E-state index in [1.54, 1.807) is 12.1 Å². The lowest BCUT2D eigenvalue weighted by Crippen LogP contribution is -2.24. The lowest BCUT2D eigenvalue weighted by molar-refractivity contribution is -0.384. The van der Waals surface area contributed by atoms with Crippen LogP contribution >= 0.6 is 22.6 Å². The molecule has 0 spiro atoms. The Labute approximate surface area is 130 Å². The van der Waals surface area contributed by atoms with Gasteiger partial charge in [0.2, 0.25) is 0 Å². The van der Waals surface area contributed by atoms with Crippen molar-refractivity contribution in [2.24, 2.45) is 0 Å². The highest BCUT2D eigenvalue weighted by Gasteiger charge is 2.25. The van der Waals surface area contributed by atoms with E-state index >= 15 is 0 Å². The predicted octanol–water partition coefficient (Wildman–Crippen LogP) is 3.95. The predicted molar refractivity (Wildman–Crippen MR) is 87.2 cm³/mol. The number of benzene rings is 2. The standard InChI is InChI=1S/C15H13IN2O2/c16-12-5-6-14(15(8-12)18(19)20)17-9-11-7-10-3-1-2-4-13(10)11/h1-6,8,11,17H,7,9H2. The third-order valence-electron chi connectivity index (χ3n) is 3.66. The van der Waals surface area contributed by atoms with Gasteiger partial charge in [0.1, 0.15) is 5.69 Å². The Balaban J connectivity index is 1.73. The van der Waals surface area contributed by atoms with Crippen molar-refractivity contribution in [3.05, 3.63) is 67.3 Å². The van der Waals surface area contributed by atoms with Crippen LogP contribution in [-0.4, -0.2) is 11.5 Å². The number of halogens is 1. The topological polar surface area (TPSA) is 55.2 Å². The summed E-state index contributed by atoms with van der Waals surface area (Å²) in [5.41, 5.74) is 3.48. The molecular weight excluding hydrogens is 367 g/mol. The van der Waals surface area contributed by atoms with E-state index in [0.717, 1.165) is 16.5 Å². The minimum absolute atomic E-state index is 0.143. The summed E-state index contributed by atoms with van der Waals surface area (Å²) in [6.45, 7) is 0.735. The molecule has 1 atom stereocenters. The molecule has 0 heterocycles. The monoisotopic (exact) mass is 380 g/mol. The SMILES string of the molecule is O=[N+]([O-])c1cc(I)ccc1NCC1Cc2ccccc21. The Bertz CT molecular complexity index is 673. The fraction of sp³-hybridized carbons (Fsp3) is 0.200. The summed E-state index contributed by atoms with van der Waals surface area (Å²) < 4.78 is 0.869. The second-order valence-electron chi connectivity index (χ2n) is 4.90.